The Bertz CT molecular complexity index is 475. The maximum absolute atomic E-state index is 12.7. The van der Waals surface area contributed by atoms with Crippen LogP contribution in [0.5, 0.6) is 0 Å². The van der Waals surface area contributed by atoms with Crippen molar-refractivity contribution in [1.82, 2.24) is 0 Å². The van der Waals surface area contributed by atoms with Crippen LogP contribution in [0.3, 0.4) is 0 Å². The summed E-state index contributed by atoms with van der Waals surface area (Å²) >= 11 is 0. The lowest BCUT2D eigenvalue weighted by Gasteiger charge is -2.61. The first-order chi connectivity index (χ1) is 10.9. The second-order valence-corrected chi connectivity index (χ2v) is 8.00. The summed E-state index contributed by atoms with van der Waals surface area (Å²) in [6.07, 6.45) is 4.64. The third-order valence-corrected chi connectivity index (χ3v) is 5.84. The molecule has 0 aromatic heterocycles. The summed E-state index contributed by atoms with van der Waals surface area (Å²) in [6.45, 7) is 1.05. The predicted molar refractivity (Wildman–Crippen MR) is 79.1 cm³/mol. The van der Waals surface area contributed by atoms with Gasteiger partial charge in [0.1, 0.15) is 0 Å². The van der Waals surface area contributed by atoms with Gasteiger partial charge in [0.05, 0.1) is 6.61 Å². The highest BCUT2D eigenvalue weighted by Gasteiger charge is 2.57. The van der Waals surface area contributed by atoms with Crippen LogP contribution < -0.4 is 0 Å². The molecule has 4 bridgehead atoms. The maximum Gasteiger partial charge on any atom is 0.344 e. The first-order valence-electron chi connectivity index (χ1n) is 8.43. The molecule has 130 valence electrons. The lowest BCUT2D eigenvalue weighted by atomic mass is 9.44. The van der Waals surface area contributed by atoms with Gasteiger partial charge in [-0.05, 0) is 62.7 Å². The van der Waals surface area contributed by atoms with E-state index in [0.717, 1.165) is 39.0 Å². The number of carbonyl (C=O) groups excluding carboxylic acids is 2. The number of aliphatic hydroxyl groups is 1. The molecule has 0 amide bonds. The molecule has 0 heterocycles. The average Bonchev–Trinajstić information content (AvgIpc) is 2.49. The molecule has 0 spiro atoms. The van der Waals surface area contributed by atoms with Crippen molar-refractivity contribution in [1.29, 1.82) is 0 Å². The molecule has 4 rings (SSSR count). The number of carbonyl (C=O) groups is 2. The van der Waals surface area contributed by atoms with Crippen molar-refractivity contribution in [2.24, 2.45) is 22.7 Å². The molecule has 4 fully saturated rings. The Hall–Kier alpha value is -1.17. The summed E-state index contributed by atoms with van der Waals surface area (Å²) in [5.41, 5.74) is -0.0352. The standard InChI is InChI=1S/C17H25FO5/c1-11(18)15(21)22-7-14(20)23-10-17-5-12-2-13(6-17)4-16(3-12,8-17)9-19/h11-13,19H,2-10H2,1H3. The number of alkyl halides is 1. The number of rotatable bonds is 6. The zero-order valence-electron chi connectivity index (χ0n) is 13.6. The Kier molecular flexibility index (Phi) is 4.38. The summed E-state index contributed by atoms with van der Waals surface area (Å²) < 4.78 is 22.5. The van der Waals surface area contributed by atoms with E-state index >= 15 is 0 Å². The van der Waals surface area contributed by atoms with Gasteiger partial charge in [0, 0.05) is 12.0 Å². The van der Waals surface area contributed by atoms with Gasteiger partial charge in [0.2, 0.25) is 0 Å². The first kappa shape index (κ1) is 16.7. The zero-order valence-corrected chi connectivity index (χ0v) is 13.6. The quantitative estimate of drug-likeness (QED) is 0.755. The second-order valence-electron chi connectivity index (χ2n) is 8.00. The van der Waals surface area contributed by atoms with Crippen molar-refractivity contribution in [2.45, 2.75) is 51.6 Å². The van der Waals surface area contributed by atoms with Crippen LogP contribution in [0.4, 0.5) is 4.39 Å². The van der Waals surface area contributed by atoms with Crippen LogP contribution >= 0.6 is 0 Å². The van der Waals surface area contributed by atoms with E-state index in [1.54, 1.807) is 0 Å². The molecule has 23 heavy (non-hydrogen) atoms. The van der Waals surface area contributed by atoms with E-state index in [9.17, 15) is 19.1 Å². The molecule has 4 saturated carbocycles. The summed E-state index contributed by atoms with van der Waals surface area (Å²) in [5, 5.41) is 9.82. The van der Waals surface area contributed by atoms with Gasteiger partial charge in [-0.1, -0.05) is 0 Å². The Morgan fingerprint density at radius 1 is 1.17 bits per heavy atom. The van der Waals surface area contributed by atoms with E-state index in [4.69, 9.17) is 4.74 Å². The van der Waals surface area contributed by atoms with Crippen LogP contribution in [-0.4, -0.2) is 43.0 Å². The van der Waals surface area contributed by atoms with Gasteiger partial charge in [-0.3, -0.25) is 0 Å². The second kappa shape index (κ2) is 6.04. The number of esters is 2. The van der Waals surface area contributed by atoms with Crippen LogP contribution in [0.1, 0.15) is 45.4 Å². The maximum atomic E-state index is 12.7. The van der Waals surface area contributed by atoms with Crippen molar-refractivity contribution >= 4 is 11.9 Å². The minimum absolute atomic E-state index is 0.00656. The molecule has 5 nitrogen and oxygen atoms in total. The van der Waals surface area contributed by atoms with Crippen LogP contribution in [0, 0.1) is 22.7 Å². The van der Waals surface area contributed by atoms with Crippen LogP contribution in [0.15, 0.2) is 0 Å². The molecule has 0 radical (unpaired) electrons. The molecular weight excluding hydrogens is 303 g/mol. The number of halogens is 1. The average molecular weight is 328 g/mol. The molecule has 1 N–H and O–H groups in total. The molecule has 0 saturated heterocycles. The molecule has 6 heteroatoms. The lowest BCUT2D eigenvalue weighted by molar-refractivity contribution is -0.176. The van der Waals surface area contributed by atoms with Gasteiger partial charge in [-0.2, -0.15) is 0 Å². The molecule has 0 aromatic rings. The topological polar surface area (TPSA) is 72.8 Å². The van der Waals surface area contributed by atoms with Crippen LogP contribution in [0.2, 0.25) is 0 Å². The van der Waals surface area contributed by atoms with Crippen molar-refractivity contribution in [3.63, 3.8) is 0 Å². The highest BCUT2D eigenvalue weighted by atomic mass is 19.1. The Morgan fingerprint density at radius 3 is 2.35 bits per heavy atom. The summed E-state index contributed by atoms with van der Waals surface area (Å²) in [7, 11) is 0. The number of aliphatic hydroxyl groups excluding tert-OH is 1. The van der Waals surface area contributed by atoms with Gasteiger partial charge in [0.15, 0.2) is 12.8 Å². The number of hydrogen-bond acceptors (Lipinski definition) is 5. The Morgan fingerprint density at radius 2 is 1.78 bits per heavy atom. The van der Waals surface area contributed by atoms with Gasteiger partial charge in [0.25, 0.3) is 0 Å². The van der Waals surface area contributed by atoms with Crippen molar-refractivity contribution < 1.29 is 28.6 Å². The summed E-state index contributed by atoms with van der Waals surface area (Å²) in [6, 6.07) is 0. The van der Waals surface area contributed by atoms with Crippen molar-refractivity contribution in [2.75, 3.05) is 19.8 Å². The van der Waals surface area contributed by atoms with Gasteiger partial charge in [-0.15, -0.1) is 0 Å². The largest absolute Gasteiger partial charge is 0.463 e. The summed E-state index contributed by atoms with van der Waals surface area (Å²) in [5.74, 6) is -0.441. The van der Waals surface area contributed by atoms with Crippen molar-refractivity contribution in [3.05, 3.63) is 0 Å². The van der Waals surface area contributed by atoms with Gasteiger partial charge >= 0.3 is 11.9 Å². The van der Waals surface area contributed by atoms with Gasteiger partial charge in [-0.25, -0.2) is 14.0 Å². The van der Waals surface area contributed by atoms with Crippen LogP contribution in [0.25, 0.3) is 0 Å². The molecular formula is C17H25FO5. The van der Waals surface area contributed by atoms with E-state index in [2.05, 4.69) is 4.74 Å². The molecule has 3 atom stereocenters. The minimum Gasteiger partial charge on any atom is -0.463 e. The SMILES string of the molecule is CC(F)C(=O)OCC(=O)OCC12CC3CC(CC(CO)(C3)C1)C2. The van der Waals surface area contributed by atoms with E-state index in [1.165, 1.54) is 6.42 Å². The first-order valence-corrected chi connectivity index (χ1v) is 8.43. The molecule has 0 aliphatic heterocycles. The fourth-order valence-corrected chi connectivity index (χ4v) is 5.52. The van der Waals surface area contributed by atoms with E-state index in [1.807, 2.05) is 0 Å². The van der Waals surface area contributed by atoms with Crippen LogP contribution in [-0.2, 0) is 19.1 Å². The fourth-order valence-electron chi connectivity index (χ4n) is 5.52. The number of hydrogen-bond donors (Lipinski definition) is 1. The highest BCUT2D eigenvalue weighted by molar-refractivity contribution is 5.78. The smallest absolute Gasteiger partial charge is 0.344 e. The third kappa shape index (κ3) is 3.37. The van der Waals surface area contributed by atoms with Crippen molar-refractivity contribution in [3.8, 4) is 0 Å². The monoisotopic (exact) mass is 328 g/mol. The lowest BCUT2D eigenvalue weighted by Crippen LogP contribution is -2.55. The molecule has 3 unspecified atom stereocenters. The molecule has 4 aliphatic carbocycles. The fraction of sp³-hybridized carbons (Fsp3) is 0.882. The normalized spacial score (nSPS) is 39.1. The molecule has 0 aromatic carbocycles. The minimum atomic E-state index is -1.74. The van der Waals surface area contributed by atoms with E-state index < -0.39 is 24.7 Å². The zero-order chi connectivity index (χ0) is 16.7. The Balaban J connectivity index is 1.54. The molecule has 4 aliphatic rings. The summed E-state index contributed by atoms with van der Waals surface area (Å²) in [4.78, 5) is 22.8. The van der Waals surface area contributed by atoms with E-state index in [0.29, 0.717) is 18.4 Å². The predicted octanol–water partition coefficient (Wildman–Crippen LogP) is 2.01. The highest BCUT2D eigenvalue weighted by Crippen LogP contribution is 2.65. The Labute approximate surface area is 135 Å². The van der Waals surface area contributed by atoms with Gasteiger partial charge < -0.3 is 14.6 Å². The number of ether oxygens (including phenoxy) is 2. The van der Waals surface area contributed by atoms with E-state index in [-0.39, 0.29) is 17.4 Å². The third-order valence-electron chi connectivity index (χ3n) is 5.84.